The highest BCUT2D eigenvalue weighted by molar-refractivity contribution is 7.21. The molecule has 0 unspecified atom stereocenters. The molecule has 1 aromatic carbocycles. The van der Waals surface area contributed by atoms with Crippen molar-refractivity contribution in [2.45, 2.75) is 0 Å². The molecule has 106 valence electrons. The molecule has 1 aliphatic heterocycles. The summed E-state index contributed by atoms with van der Waals surface area (Å²) in [5.41, 5.74) is 1.24. The van der Waals surface area contributed by atoms with Crippen molar-refractivity contribution in [1.82, 2.24) is 15.3 Å². The molecule has 0 radical (unpaired) electrons. The first-order valence-corrected chi connectivity index (χ1v) is 7.99. The lowest BCUT2D eigenvalue weighted by Gasteiger charge is -2.27. The third-order valence-electron chi connectivity index (χ3n) is 3.72. The summed E-state index contributed by atoms with van der Waals surface area (Å²) in [4.78, 5) is 13.8. The molecule has 5 heteroatoms. The lowest BCUT2D eigenvalue weighted by molar-refractivity contribution is 0.580. The van der Waals surface area contributed by atoms with E-state index in [0.29, 0.717) is 0 Å². The van der Waals surface area contributed by atoms with E-state index in [2.05, 4.69) is 45.5 Å². The van der Waals surface area contributed by atoms with Gasteiger partial charge in [-0.05, 0) is 11.6 Å². The Bertz CT molecular complexity index is 747. The first kappa shape index (κ1) is 12.7. The van der Waals surface area contributed by atoms with Crippen LogP contribution < -0.4 is 10.2 Å². The van der Waals surface area contributed by atoms with Crippen molar-refractivity contribution >= 4 is 27.5 Å². The fraction of sp³-hybridized carbons (Fsp3) is 0.250. The highest BCUT2D eigenvalue weighted by atomic mass is 32.1. The monoisotopic (exact) mass is 296 g/mol. The van der Waals surface area contributed by atoms with Crippen LogP contribution in [-0.4, -0.2) is 36.1 Å². The molecule has 0 saturated carbocycles. The second-order valence-electron chi connectivity index (χ2n) is 5.14. The standard InChI is InChI=1S/C16H16N4S/c1-2-4-12(5-3-1)14-10-13-11-18-16(19-15(13)21-14)20-8-6-17-7-9-20/h1-5,10-11,17H,6-9H2. The minimum atomic E-state index is 0.852. The van der Waals surface area contributed by atoms with Crippen LogP contribution in [0.5, 0.6) is 0 Å². The van der Waals surface area contributed by atoms with Gasteiger partial charge in [0.25, 0.3) is 0 Å². The summed E-state index contributed by atoms with van der Waals surface area (Å²) in [6.45, 7) is 3.95. The van der Waals surface area contributed by atoms with Gasteiger partial charge in [0, 0.05) is 42.6 Å². The molecular formula is C16H16N4S. The van der Waals surface area contributed by atoms with Gasteiger partial charge in [-0.2, -0.15) is 0 Å². The summed E-state index contributed by atoms with van der Waals surface area (Å²) in [5, 5.41) is 4.48. The molecule has 0 atom stereocenters. The lowest BCUT2D eigenvalue weighted by atomic mass is 10.2. The summed E-state index contributed by atoms with van der Waals surface area (Å²) in [5.74, 6) is 0.852. The average molecular weight is 296 g/mol. The van der Waals surface area contributed by atoms with Crippen molar-refractivity contribution in [2.24, 2.45) is 0 Å². The molecule has 0 aliphatic carbocycles. The van der Waals surface area contributed by atoms with E-state index in [1.54, 1.807) is 11.3 Å². The third kappa shape index (κ3) is 2.50. The van der Waals surface area contributed by atoms with E-state index in [9.17, 15) is 0 Å². The Kier molecular flexibility index (Phi) is 3.29. The zero-order chi connectivity index (χ0) is 14.1. The summed E-state index contributed by atoms with van der Waals surface area (Å²) < 4.78 is 0. The van der Waals surface area contributed by atoms with Crippen LogP contribution in [0.25, 0.3) is 20.7 Å². The number of rotatable bonds is 2. The first-order chi connectivity index (χ1) is 10.4. The van der Waals surface area contributed by atoms with E-state index in [1.165, 1.54) is 10.4 Å². The number of nitrogens with zero attached hydrogens (tertiary/aromatic N) is 3. The second-order valence-corrected chi connectivity index (χ2v) is 6.17. The van der Waals surface area contributed by atoms with Gasteiger partial charge in [-0.3, -0.25) is 0 Å². The van der Waals surface area contributed by atoms with Crippen LogP contribution in [0.2, 0.25) is 0 Å². The van der Waals surface area contributed by atoms with Gasteiger partial charge in [-0.15, -0.1) is 11.3 Å². The molecule has 3 aromatic rings. The molecule has 3 heterocycles. The molecule has 0 spiro atoms. The molecule has 0 bridgehead atoms. The Balaban J connectivity index is 1.71. The van der Waals surface area contributed by atoms with Crippen molar-refractivity contribution < 1.29 is 0 Å². The van der Waals surface area contributed by atoms with E-state index in [4.69, 9.17) is 4.98 Å². The van der Waals surface area contributed by atoms with Crippen LogP contribution in [0, 0.1) is 0 Å². The maximum atomic E-state index is 4.75. The minimum absolute atomic E-state index is 0.852. The molecule has 4 nitrogen and oxygen atoms in total. The van der Waals surface area contributed by atoms with Crippen LogP contribution in [0.1, 0.15) is 0 Å². The second kappa shape index (κ2) is 5.42. The Morgan fingerprint density at radius 3 is 2.71 bits per heavy atom. The summed E-state index contributed by atoms with van der Waals surface area (Å²) >= 11 is 1.74. The fourth-order valence-corrected chi connectivity index (χ4v) is 3.59. The molecule has 2 aromatic heterocycles. The normalized spacial score (nSPS) is 15.5. The molecule has 21 heavy (non-hydrogen) atoms. The van der Waals surface area contributed by atoms with Crippen LogP contribution in [0.15, 0.2) is 42.6 Å². The van der Waals surface area contributed by atoms with Crippen molar-refractivity contribution in [3.63, 3.8) is 0 Å². The number of thiophene rings is 1. The minimum Gasteiger partial charge on any atom is -0.338 e. The highest BCUT2D eigenvalue weighted by Gasteiger charge is 2.14. The quantitative estimate of drug-likeness (QED) is 0.789. The molecule has 1 saturated heterocycles. The number of fused-ring (bicyclic) bond motifs is 1. The summed E-state index contributed by atoms with van der Waals surface area (Å²) in [6, 6.07) is 12.6. The molecular weight excluding hydrogens is 280 g/mol. The fourth-order valence-electron chi connectivity index (χ4n) is 2.58. The van der Waals surface area contributed by atoms with Gasteiger partial charge in [0.15, 0.2) is 0 Å². The highest BCUT2D eigenvalue weighted by Crippen LogP contribution is 2.32. The Morgan fingerprint density at radius 2 is 1.90 bits per heavy atom. The largest absolute Gasteiger partial charge is 0.338 e. The number of benzene rings is 1. The van der Waals surface area contributed by atoms with Crippen LogP contribution in [0.4, 0.5) is 5.95 Å². The first-order valence-electron chi connectivity index (χ1n) is 7.18. The molecule has 1 aliphatic rings. The van der Waals surface area contributed by atoms with Gasteiger partial charge in [-0.25, -0.2) is 9.97 Å². The smallest absolute Gasteiger partial charge is 0.226 e. The average Bonchev–Trinajstić information content (AvgIpc) is 2.99. The van der Waals surface area contributed by atoms with E-state index >= 15 is 0 Å². The maximum absolute atomic E-state index is 4.75. The lowest BCUT2D eigenvalue weighted by Crippen LogP contribution is -2.44. The topological polar surface area (TPSA) is 41.1 Å². The van der Waals surface area contributed by atoms with E-state index < -0.39 is 0 Å². The van der Waals surface area contributed by atoms with Crippen LogP contribution in [-0.2, 0) is 0 Å². The van der Waals surface area contributed by atoms with Crippen molar-refractivity contribution in [2.75, 3.05) is 31.1 Å². The van der Waals surface area contributed by atoms with Crippen LogP contribution in [0.3, 0.4) is 0 Å². The Morgan fingerprint density at radius 1 is 1.10 bits per heavy atom. The van der Waals surface area contributed by atoms with Gasteiger partial charge < -0.3 is 10.2 Å². The number of anilines is 1. The third-order valence-corrected chi connectivity index (χ3v) is 4.81. The number of hydrogen-bond donors (Lipinski definition) is 1. The van der Waals surface area contributed by atoms with E-state index in [1.807, 2.05) is 12.3 Å². The molecule has 1 N–H and O–H groups in total. The SMILES string of the molecule is c1ccc(-c2cc3cnc(N4CCNCC4)nc3s2)cc1. The number of hydrogen-bond acceptors (Lipinski definition) is 5. The van der Waals surface area contributed by atoms with Crippen LogP contribution >= 0.6 is 11.3 Å². The van der Waals surface area contributed by atoms with Crippen molar-refractivity contribution in [3.8, 4) is 10.4 Å². The predicted molar refractivity (Wildman–Crippen MR) is 87.9 cm³/mol. The molecule has 0 amide bonds. The predicted octanol–water partition coefficient (Wildman–Crippen LogP) is 2.77. The summed E-state index contributed by atoms with van der Waals surface area (Å²) in [6.07, 6.45) is 1.95. The van der Waals surface area contributed by atoms with E-state index in [-0.39, 0.29) is 0 Å². The summed E-state index contributed by atoms with van der Waals surface area (Å²) in [7, 11) is 0. The zero-order valence-corrected chi connectivity index (χ0v) is 12.4. The van der Waals surface area contributed by atoms with Crippen molar-refractivity contribution in [1.29, 1.82) is 0 Å². The Labute approximate surface area is 127 Å². The zero-order valence-electron chi connectivity index (χ0n) is 11.6. The number of piperazine rings is 1. The van der Waals surface area contributed by atoms with Gasteiger partial charge in [0.1, 0.15) is 4.83 Å². The van der Waals surface area contributed by atoms with Crippen molar-refractivity contribution in [3.05, 3.63) is 42.6 Å². The van der Waals surface area contributed by atoms with Gasteiger partial charge in [0.05, 0.1) is 0 Å². The van der Waals surface area contributed by atoms with Gasteiger partial charge in [0.2, 0.25) is 5.95 Å². The maximum Gasteiger partial charge on any atom is 0.226 e. The molecule has 1 fully saturated rings. The number of aromatic nitrogens is 2. The van der Waals surface area contributed by atoms with Gasteiger partial charge in [-0.1, -0.05) is 30.3 Å². The van der Waals surface area contributed by atoms with E-state index in [0.717, 1.165) is 42.3 Å². The number of nitrogens with one attached hydrogen (secondary N) is 1. The molecule has 4 rings (SSSR count). The Hall–Kier alpha value is -1.98. The van der Waals surface area contributed by atoms with Gasteiger partial charge >= 0.3 is 0 Å².